The van der Waals surface area contributed by atoms with Gasteiger partial charge in [0, 0.05) is 43.0 Å². The second-order valence-electron chi connectivity index (χ2n) is 8.05. The minimum absolute atomic E-state index is 0.0327. The molecule has 1 aromatic heterocycles. The molecule has 1 saturated heterocycles. The number of aromatic nitrogens is 1. The molecule has 1 aliphatic heterocycles. The van der Waals surface area contributed by atoms with Crippen LogP contribution in [0.1, 0.15) is 58.1 Å². The third kappa shape index (κ3) is 5.05. The van der Waals surface area contributed by atoms with Crippen molar-refractivity contribution < 1.29 is 19.1 Å². The standard InChI is InChI=1S/C24H27N3O4/c1-31-24(30)21-3-2-14-27(21)20-12-15-26(16-13-20)22(28)11-6-17-4-7-18(8-5-17)23(29)25-19-9-10-19/h2-8,11,14,19-20H,9-10,12-13,15-16H2,1H3,(H,25,29)/b11-6+. The number of rotatable bonds is 6. The van der Waals surface area contributed by atoms with Crippen LogP contribution in [0.15, 0.2) is 48.7 Å². The van der Waals surface area contributed by atoms with Crippen molar-refractivity contribution >= 4 is 23.9 Å². The quantitative estimate of drug-likeness (QED) is 0.574. The lowest BCUT2D eigenvalue weighted by molar-refractivity contribution is -0.127. The van der Waals surface area contributed by atoms with Gasteiger partial charge in [0.1, 0.15) is 5.69 Å². The average Bonchev–Trinajstić information content (AvgIpc) is 3.48. The first-order valence-electron chi connectivity index (χ1n) is 10.7. The van der Waals surface area contributed by atoms with Crippen LogP contribution in [-0.2, 0) is 9.53 Å². The lowest BCUT2D eigenvalue weighted by atomic mass is 10.0. The van der Waals surface area contributed by atoms with Gasteiger partial charge in [0.15, 0.2) is 0 Å². The summed E-state index contributed by atoms with van der Waals surface area (Å²) in [6, 6.07) is 11.4. The largest absolute Gasteiger partial charge is 0.464 e. The fourth-order valence-corrected chi connectivity index (χ4v) is 3.87. The van der Waals surface area contributed by atoms with Gasteiger partial charge in [-0.2, -0.15) is 0 Å². The summed E-state index contributed by atoms with van der Waals surface area (Å²) < 4.78 is 6.79. The number of methoxy groups -OCH3 is 1. The molecule has 1 aromatic carbocycles. The first-order chi connectivity index (χ1) is 15.0. The Kier molecular flexibility index (Phi) is 6.21. The lowest BCUT2D eigenvalue weighted by Crippen LogP contribution is -2.38. The van der Waals surface area contributed by atoms with Crippen LogP contribution in [0.4, 0.5) is 0 Å². The summed E-state index contributed by atoms with van der Waals surface area (Å²) in [6.07, 6.45) is 8.93. The molecule has 0 bridgehead atoms. The Labute approximate surface area is 181 Å². The Morgan fingerprint density at radius 1 is 1.03 bits per heavy atom. The highest BCUT2D eigenvalue weighted by atomic mass is 16.5. The predicted octanol–water partition coefficient (Wildman–Crippen LogP) is 3.04. The van der Waals surface area contributed by atoms with E-state index < -0.39 is 0 Å². The number of piperidine rings is 1. The lowest BCUT2D eigenvalue weighted by Gasteiger charge is -2.32. The van der Waals surface area contributed by atoms with E-state index in [9.17, 15) is 14.4 Å². The molecule has 31 heavy (non-hydrogen) atoms. The molecule has 2 aromatic rings. The highest BCUT2D eigenvalue weighted by Crippen LogP contribution is 2.25. The van der Waals surface area contributed by atoms with Crippen molar-refractivity contribution in [2.45, 2.75) is 37.8 Å². The summed E-state index contributed by atoms with van der Waals surface area (Å²) in [7, 11) is 1.38. The van der Waals surface area contributed by atoms with E-state index in [1.165, 1.54) is 7.11 Å². The number of carbonyl (C=O) groups is 3. The van der Waals surface area contributed by atoms with Crippen molar-refractivity contribution in [1.29, 1.82) is 0 Å². The summed E-state index contributed by atoms with van der Waals surface area (Å²) in [6.45, 7) is 1.26. The second kappa shape index (κ2) is 9.20. The molecule has 2 aliphatic rings. The summed E-state index contributed by atoms with van der Waals surface area (Å²) in [4.78, 5) is 38.4. The Bertz CT molecular complexity index is 981. The Balaban J connectivity index is 1.30. The number of ether oxygens (including phenoxy) is 1. The third-order valence-electron chi connectivity index (χ3n) is 5.85. The van der Waals surface area contributed by atoms with Crippen molar-refractivity contribution in [2.75, 3.05) is 20.2 Å². The molecule has 0 spiro atoms. The van der Waals surface area contributed by atoms with Crippen molar-refractivity contribution in [2.24, 2.45) is 0 Å². The van der Waals surface area contributed by atoms with E-state index in [-0.39, 0.29) is 23.8 Å². The smallest absolute Gasteiger partial charge is 0.354 e. The zero-order valence-electron chi connectivity index (χ0n) is 17.6. The van der Waals surface area contributed by atoms with E-state index in [4.69, 9.17) is 4.74 Å². The molecule has 2 heterocycles. The van der Waals surface area contributed by atoms with Gasteiger partial charge in [0.25, 0.3) is 5.91 Å². The van der Waals surface area contributed by atoms with E-state index in [2.05, 4.69) is 5.32 Å². The second-order valence-corrected chi connectivity index (χ2v) is 8.05. The number of nitrogens with zero attached hydrogens (tertiary/aromatic N) is 2. The highest BCUT2D eigenvalue weighted by Gasteiger charge is 2.25. The average molecular weight is 421 g/mol. The predicted molar refractivity (Wildman–Crippen MR) is 117 cm³/mol. The van der Waals surface area contributed by atoms with Gasteiger partial charge in [-0.15, -0.1) is 0 Å². The number of benzene rings is 1. The molecule has 4 rings (SSSR count). The molecule has 7 heteroatoms. The van der Waals surface area contributed by atoms with Gasteiger partial charge in [-0.25, -0.2) is 4.79 Å². The van der Waals surface area contributed by atoms with Crippen molar-refractivity contribution in [3.63, 3.8) is 0 Å². The van der Waals surface area contributed by atoms with Crippen LogP contribution in [0, 0.1) is 0 Å². The molecule has 162 valence electrons. The fraction of sp³-hybridized carbons (Fsp3) is 0.375. The number of amides is 2. The molecule has 1 aliphatic carbocycles. The zero-order valence-corrected chi connectivity index (χ0v) is 17.6. The number of hydrogen-bond donors (Lipinski definition) is 1. The van der Waals surface area contributed by atoms with Crippen LogP contribution >= 0.6 is 0 Å². The maximum Gasteiger partial charge on any atom is 0.354 e. The minimum Gasteiger partial charge on any atom is -0.464 e. The van der Waals surface area contributed by atoms with Gasteiger partial charge in [0.05, 0.1) is 7.11 Å². The first-order valence-corrected chi connectivity index (χ1v) is 10.7. The topological polar surface area (TPSA) is 80.6 Å². The van der Waals surface area contributed by atoms with E-state index in [0.717, 1.165) is 31.2 Å². The molecule has 1 saturated carbocycles. The zero-order chi connectivity index (χ0) is 21.8. The molecule has 0 radical (unpaired) electrons. The minimum atomic E-state index is -0.345. The van der Waals surface area contributed by atoms with Crippen molar-refractivity contribution in [3.8, 4) is 0 Å². The van der Waals surface area contributed by atoms with Crippen LogP contribution < -0.4 is 5.32 Å². The molecule has 2 amide bonds. The number of likely N-dealkylation sites (tertiary alicyclic amines) is 1. The van der Waals surface area contributed by atoms with Crippen LogP contribution in [0.5, 0.6) is 0 Å². The summed E-state index contributed by atoms with van der Waals surface area (Å²) in [5, 5.41) is 2.96. The van der Waals surface area contributed by atoms with Crippen LogP contribution in [0.2, 0.25) is 0 Å². The summed E-state index contributed by atoms with van der Waals surface area (Å²) in [5.41, 5.74) is 2.05. The molecule has 0 unspecified atom stereocenters. The monoisotopic (exact) mass is 421 g/mol. The normalized spacial score (nSPS) is 17.0. The van der Waals surface area contributed by atoms with Crippen LogP contribution in [0.3, 0.4) is 0 Å². The molecule has 1 N–H and O–H groups in total. The molecule has 0 atom stereocenters. The van der Waals surface area contributed by atoms with Crippen LogP contribution in [-0.4, -0.2) is 53.5 Å². The number of carbonyl (C=O) groups excluding carboxylic acids is 3. The molecular formula is C24H27N3O4. The summed E-state index contributed by atoms with van der Waals surface area (Å²) in [5.74, 6) is -0.424. The SMILES string of the molecule is COC(=O)c1cccn1C1CCN(C(=O)/C=C/c2ccc(C(=O)NC3CC3)cc2)CC1. The number of esters is 1. The van der Waals surface area contributed by atoms with Crippen molar-refractivity contribution in [3.05, 3.63) is 65.5 Å². The maximum absolute atomic E-state index is 12.6. The number of nitrogens with one attached hydrogen (secondary N) is 1. The van der Waals surface area contributed by atoms with Gasteiger partial charge >= 0.3 is 5.97 Å². The van der Waals surface area contributed by atoms with Gasteiger partial charge in [-0.1, -0.05) is 12.1 Å². The van der Waals surface area contributed by atoms with E-state index >= 15 is 0 Å². The van der Waals surface area contributed by atoms with Gasteiger partial charge in [0.2, 0.25) is 5.91 Å². The Hall–Kier alpha value is -3.35. The summed E-state index contributed by atoms with van der Waals surface area (Å²) >= 11 is 0. The van der Waals surface area contributed by atoms with E-state index in [1.807, 2.05) is 33.9 Å². The van der Waals surface area contributed by atoms with Gasteiger partial charge < -0.3 is 19.5 Å². The molecule has 2 fully saturated rings. The Morgan fingerprint density at radius 3 is 2.39 bits per heavy atom. The van der Waals surface area contributed by atoms with Crippen molar-refractivity contribution in [1.82, 2.24) is 14.8 Å². The maximum atomic E-state index is 12.6. The van der Waals surface area contributed by atoms with Crippen LogP contribution in [0.25, 0.3) is 6.08 Å². The molecular weight excluding hydrogens is 394 g/mol. The third-order valence-corrected chi connectivity index (χ3v) is 5.85. The first kappa shape index (κ1) is 20.9. The van der Waals surface area contributed by atoms with Gasteiger partial charge in [-0.3, -0.25) is 9.59 Å². The number of hydrogen-bond acceptors (Lipinski definition) is 4. The fourth-order valence-electron chi connectivity index (χ4n) is 3.87. The Morgan fingerprint density at radius 2 is 1.74 bits per heavy atom. The van der Waals surface area contributed by atoms with Gasteiger partial charge in [-0.05, 0) is 61.6 Å². The highest BCUT2D eigenvalue weighted by molar-refractivity contribution is 5.95. The van der Waals surface area contributed by atoms with E-state index in [1.54, 1.807) is 30.4 Å². The van der Waals surface area contributed by atoms with E-state index in [0.29, 0.717) is 30.4 Å². The molecule has 7 nitrogen and oxygen atoms in total.